The summed E-state index contributed by atoms with van der Waals surface area (Å²) in [6.07, 6.45) is 2.68. The van der Waals surface area contributed by atoms with Crippen molar-refractivity contribution in [2.75, 3.05) is 19.6 Å². The van der Waals surface area contributed by atoms with Gasteiger partial charge in [0, 0.05) is 18.4 Å². The Labute approximate surface area is 87.7 Å². The first-order valence-corrected chi connectivity index (χ1v) is 5.21. The van der Waals surface area contributed by atoms with E-state index in [1.807, 2.05) is 10.7 Å². The van der Waals surface area contributed by atoms with Crippen molar-refractivity contribution in [3.63, 3.8) is 0 Å². The molecule has 0 N–H and O–H groups in total. The Balaban J connectivity index is 1.79. The van der Waals surface area contributed by atoms with Gasteiger partial charge in [-0.3, -0.25) is 9.58 Å². The molecule has 1 aromatic rings. The van der Waals surface area contributed by atoms with Crippen LogP contribution < -0.4 is 0 Å². The molecular formula is C10H15F2N3. The zero-order chi connectivity index (χ0) is 10.9. The second-order valence-corrected chi connectivity index (χ2v) is 3.97. The van der Waals surface area contributed by atoms with E-state index in [0.29, 0.717) is 13.1 Å². The van der Waals surface area contributed by atoms with E-state index in [-0.39, 0.29) is 13.1 Å². The van der Waals surface area contributed by atoms with E-state index in [1.165, 1.54) is 0 Å². The molecule has 0 atom stereocenters. The summed E-state index contributed by atoms with van der Waals surface area (Å²) >= 11 is 0. The van der Waals surface area contributed by atoms with Crippen LogP contribution in [-0.2, 0) is 13.0 Å². The highest BCUT2D eigenvalue weighted by atomic mass is 19.3. The third-order valence-electron chi connectivity index (χ3n) is 2.70. The van der Waals surface area contributed by atoms with Crippen molar-refractivity contribution in [2.45, 2.75) is 25.8 Å². The Bertz CT molecular complexity index is 327. The highest BCUT2D eigenvalue weighted by Crippen LogP contribution is 2.25. The summed E-state index contributed by atoms with van der Waals surface area (Å²) in [7, 11) is 0. The predicted molar refractivity (Wildman–Crippen MR) is 53.0 cm³/mol. The Kier molecular flexibility index (Phi) is 2.73. The zero-order valence-corrected chi connectivity index (χ0v) is 8.79. The van der Waals surface area contributed by atoms with Gasteiger partial charge in [-0.05, 0) is 12.5 Å². The second-order valence-electron chi connectivity index (χ2n) is 3.97. The molecule has 1 aliphatic rings. The fourth-order valence-corrected chi connectivity index (χ4v) is 1.86. The van der Waals surface area contributed by atoms with Gasteiger partial charge in [0.2, 0.25) is 0 Å². The van der Waals surface area contributed by atoms with Gasteiger partial charge in [0.1, 0.15) is 0 Å². The highest BCUT2D eigenvalue weighted by molar-refractivity contribution is 4.99. The largest absolute Gasteiger partial charge is 0.290 e. The van der Waals surface area contributed by atoms with Crippen molar-refractivity contribution in [1.29, 1.82) is 0 Å². The van der Waals surface area contributed by atoms with Gasteiger partial charge in [-0.25, -0.2) is 8.78 Å². The van der Waals surface area contributed by atoms with Gasteiger partial charge in [0.15, 0.2) is 0 Å². The van der Waals surface area contributed by atoms with Crippen molar-refractivity contribution >= 4 is 0 Å². The van der Waals surface area contributed by atoms with E-state index in [9.17, 15) is 8.78 Å². The lowest BCUT2D eigenvalue weighted by Gasteiger charge is -2.38. The highest BCUT2D eigenvalue weighted by Gasteiger charge is 2.43. The van der Waals surface area contributed by atoms with Gasteiger partial charge in [0.25, 0.3) is 5.92 Å². The number of halogens is 2. The molecular weight excluding hydrogens is 200 g/mol. The number of aryl methyl sites for hydroxylation is 1. The fraction of sp³-hybridized carbons (Fsp3) is 0.700. The SMILES string of the molecule is CCc1ccnn1CCN1CC(F)(F)C1. The molecule has 84 valence electrons. The Morgan fingerprint density at radius 2 is 2.13 bits per heavy atom. The average molecular weight is 215 g/mol. The number of hydrogen-bond acceptors (Lipinski definition) is 2. The lowest BCUT2D eigenvalue weighted by Crippen LogP contribution is -2.56. The molecule has 0 unspecified atom stereocenters. The summed E-state index contributed by atoms with van der Waals surface area (Å²) in [6, 6.07) is 1.96. The van der Waals surface area contributed by atoms with Gasteiger partial charge >= 0.3 is 0 Å². The van der Waals surface area contributed by atoms with Crippen molar-refractivity contribution in [1.82, 2.24) is 14.7 Å². The minimum atomic E-state index is -2.46. The smallest absolute Gasteiger partial charge is 0.272 e. The van der Waals surface area contributed by atoms with Gasteiger partial charge in [-0.2, -0.15) is 5.10 Å². The fourth-order valence-electron chi connectivity index (χ4n) is 1.86. The van der Waals surface area contributed by atoms with Crippen LogP contribution in [0.15, 0.2) is 12.3 Å². The second kappa shape index (κ2) is 3.89. The molecule has 0 saturated carbocycles. The van der Waals surface area contributed by atoms with E-state index >= 15 is 0 Å². The van der Waals surface area contributed by atoms with Crippen molar-refractivity contribution in [3.05, 3.63) is 18.0 Å². The zero-order valence-electron chi connectivity index (χ0n) is 8.79. The van der Waals surface area contributed by atoms with Crippen LogP contribution in [-0.4, -0.2) is 40.2 Å². The van der Waals surface area contributed by atoms with Crippen LogP contribution in [0.4, 0.5) is 8.78 Å². The van der Waals surface area contributed by atoms with E-state index in [0.717, 1.165) is 12.1 Å². The molecule has 2 heterocycles. The lowest BCUT2D eigenvalue weighted by molar-refractivity contribution is -0.131. The lowest BCUT2D eigenvalue weighted by atomic mass is 10.1. The number of alkyl halides is 2. The number of rotatable bonds is 4. The van der Waals surface area contributed by atoms with Gasteiger partial charge in [-0.15, -0.1) is 0 Å². The summed E-state index contributed by atoms with van der Waals surface area (Å²) in [5, 5.41) is 4.16. The number of nitrogens with zero attached hydrogens (tertiary/aromatic N) is 3. The molecule has 1 fully saturated rings. The van der Waals surface area contributed by atoms with Crippen LogP contribution in [0.1, 0.15) is 12.6 Å². The molecule has 2 rings (SSSR count). The van der Waals surface area contributed by atoms with Crippen LogP contribution in [0.2, 0.25) is 0 Å². The van der Waals surface area contributed by atoms with E-state index < -0.39 is 5.92 Å². The third kappa shape index (κ3) is 2.34. The van der Waals surface area contributed by atoms with E-state index in [1.54, 1.807) is 11.1 Å². The van der Waals surface area contributed by atoms with Crippen LogP contribution >= 0.6 is 0 Å². The van der Waals surface area contributed by atoms with Gasteiger partial charge in [-0.1, -0.05) is 6.92 Å². The van der Waals surface area contributed by atoms with Crippen LogP contribution in [0, 0.1) is 0 Å². The first-order valence-electron chi connectivity index (χ1n) is 5.21. The summed E-state index contributed by atoms with van der Waals surface area (Å²) in [4.78, 5) is 1.75. The summed E-state index contributed by atoms with van der Waals surface area (Å²) in [6.45, 7) is 3.22. The van der Waals surface area contributed by atoms with E-state index in [4.69, 9.17) is 0 Å². The molecule has 0 radical (unpaired) electrons. The van der Waals surface area contributed by atoms with Crippen molar-refractivity contribution in [2.24, 2.45) is 0 Å². The first kappa shape index (κ1) is 10.5. The average Bonchev–Trinajstić information content (AvgIpc) is 2.58. The Morgan fingerprint density at radius 3 is 2.73 bits per heavy atom. The van der Waals surface area contributed by atoms with Gasteiger partial charge in [0.05, 0.1) is 19.6 Å². The van der Waals surface area contributed by atoms with Crippen LogP contribution in [0.3, 0.4) is 0 Å². The predicted octanol–water partition coefficient (Wildman–Crippen LogP) is 1.40. The van der Waals surface area contributed by atoms with E-state index in [2.05, 4.69) is 12.0 Å². The number of likely N-dealkylation sites (tertiary alicyclic amines) is 1. The molecule has 0 aromatic carbocycles. The maximum atomic E-state index is 12.5. The molecule has 0 spiro atoms. The topological polar surface area (TPSA) is 21.1 Å². The molecule has 1 aromatic heterocycles. The third-order valence-corrected chi connectivity index (χ3v) is 2.70. The minimum absolute atomic E-state index is 0.101. The monoisotopic (exact) mass is 215 g/mol. The molecule has 1 saturated heterocycles. The quantitative estimate of drug-likeness (QED) is 0.757. The standard InChI is InChI=1S/C10H15F2N3/c1-2-9-3-4-13-15(9)6-5-14-7-10(11,12)8-14/h3-4H,2,5-8H2,1H3. The van der Waals surface area contributed by atoms with Crippen molar-refractivity contribution in [3.8, 4) is 0 Å². The summed E-state index contributed by atoms with van der Waals surface area (Å²) in [5.74, 6) is -2.46. The Morgan fingerprint density at radius 1 is 1.40 bits per heavy atom. The van der Waals surface area contributed by atoms with Crippen molar-refractivity contribution < 1.29 is 8.78 Å². The molecule has 0 amide bonds. The molecule has 1 aliphatic heterocycles. The number of hydrogen-bond donors (Lipinski definition) is 0. The van der Waals surface area contributed by atoms with Crippen LogP contribution in [0.5, 0.6) is 0 Å². The normalized spacial score (nSPS) is 20.2. The molecule has 15 heavy (non-hydrogen) atoms. The maximum Gasteiger partial charge on any atom is 0.272 e. The first-order chi connectivity index (χ1) is 7.11. The summed E-state index contributed by atoms with van der Waals surface area (Å²) in [5.41, 5.74) is 1.15. The van der Waals surface area contributed by atoms with Crippen LogP contribution in [0.25, 0.3) is 0 Å². The Hall–Kier alpha value is -0.970. The molecule has 0 bridgehead atoms. The minimum Gasteiger partial charge on any atom is -0.290 e. The molecule has 5 heteroatoms. The number of aromatic nitrogens is 2. The maximum absolute atomic E-state index is 12.5. The molecule has 3 nitrogen and oxygen atoms in total. The molecule has 0 aliphatic carbocycles. The summed E-state index contributed by atoms with van der Waals surface area (Å²) < 4.78 is 27.0. The van der Waals surface area contributed by atoms with Gasteiger partial charge < -0.3 is 0 Å².